The summed E-state index contributed by atoms with van der Waals surface area (Å²) in [5.74, 6) is 1.27. The topological polar surface area (TPSA) is 12.5 Å². The van der Waals surface area contributed by atoms with Crippen molar-refractivity contribution in [2.24, 2.45) is 0 Å². The van der Waals surface area contributed by atoms with Gasteiger partial charge >= 0.3 is 0 Å². The molecule has 0 radical (unpaired) electrons. The van der Waals surface area contributed by atoms with Crippen LogP contribution in [0, 0.1) is 0 Å². The molecule has 2 aliphatic rings. The SMILES string of the molecule is Cl.c1cc2c(s1)SCCC2N1CCOCC1. The standard InChI is InChI=1S/C11H15NOS2.ClH/c1-7-14-11-9(1)10(2-8-15-11)12-3-5-13-6-4-12;/h1,7,10H,2-6,8H2;1H. The average molecular weight is 278 g/mol. The van der Waals surface area contributed by atoms with E-state index in [-0.39, 0.29) is 12.4 Å². The predicted octanol–water partition coefficient (Wildman–Crippen LogP) is 3.04. The monoisotopic (exact) mass is 277 g/mol. The zero-order chi connectivity index (χ0) is 10.1. The first kappa shape index (κ1) is 12.7. The molecule has 0 N–H and O–H groups in total. The van der Waals surface area contributed by atoms with E-state index in [1.54, 1.807) is 5.56 Å². The largest absolute Gasteiger partial charge is 0.379 e. The number of hydrogen-bond acceptors (Lipinski definition) is 4. The second kappa shape index (κ2) is 5.74. The third-order valence-electron chi connectivity index (χ3n) is 3.13. The van der Waals surface area contributed by atoms with E-state index in [9.17, 15) is 0 Å². The van der Waals surface area contributed by atoms with Gasteiger partial charge in [0.2, 0.25) is 0 Å². The molecule has 1 atom stereocenters. The van der Waals surface area contributed by atoms with Crippen molar-refractivity contribution in [3.8, 4) is 0 Å². The number of halogens is 1. The first-order valence-corrected chi connectivity index (χ1v) is 7.33. The van der Waals surface area contributed by atoms with Gasteiger partial charge in [-0.1, -0.05) is 0 Å². The molecule has 0 aliphatic carbocycles. The number of hydrogen-bond donors (Lipinski definition) is 0. The Labute approximate surface area is 111 Å². The minimum absolute atomic E-state index is 0. The van der Waals surface area contributed by atoms with E-state index in [0.29, 0.717) is 6.04 Å². The molecule has 2 aliphatic heterocycles. The van der Waals surface area contributed by atoms with E-state index < -0.39 is 0 Å². The van der Waals surface area contributed by atoms with Crippen molar-refractivity contribution in [2.45, 2.75) is 16.7 Å². The summed E-state index contributed by atoms with van der Waals surface area (Å²) in [4.78, 5) is 2.59. The van der Waals surface area contributed by atoms with Crippen molar-refractivity contribution in [1.29, 1.82) is 0 Å². The van der Waals surface area contributed by atoms with Gasteiger partial charge in [0.15, 0.2) is 0 Å². The van der Waals surface area contributed by atoms with Crippen molar-refractivity contribution in [2.75, 3.05) is 32.1 Å². The lowest BCUT2D eigenvalue weighted by Gasteiger charge is -2.36. The summed E-state index contributed by atoms with van der Waals surface area (Å²) in [7, 11) is 0. The second-order valence-electron chi connectivity index (χ2n) is 3.96. The van der Waals surface area contributed by atoms with Crippen LogP contribution in [0.5, 0.6) is 0 Å². The van der Waals surface area contributed by atoms with E-state index in [0.717, 1.165) is 26.3 Å². The van der Waals surface area contributed by atoms with Gasteiger partial charge < -0.3 is 4.74 Å². The van der Waals surface area contributed by atoms with Gasteiger partial charge in [0.1, 0.15) is 0 Å². The zero-order valence-electron chi connectivity index (χ0n) is 9.05. The van der Waals surface area contributed by atoms with Gasteiger partial charge in [-0.3, -0.25) is 4.90 Å². The van der Waals surface area contributed by atoms with Crippen LogP contribution in [0.15, 0.2) is 15.7 Å². The van der Waals surface area contributed by atoms with Gasteiger partial charge in [-0.2, -0.15) is 0 Å². The van der Waals surface area contributed by atoms with Crippen LogP contribution in [0.3, 0.4) is 0 Å². The first-order chi connectivity index (χ1) is 7.45. The van der Waals surface area contributed by atoms with Gasteiger partial charge in [-0.15, -0.1) is 35.5 Å². The summed E-state index contributed by atoms with van der Waals surface area (Å²) in [5, 5.41) is 2.23. The van der Waals surface area contributed by atoms with Crippen LogP contribution in [-0.4, -0.2) is 37.0 Å². The second-order valence-corrected chi connectivity index (χ2v) is 6.24. The first-order valence-electron chi connectivity index (χ1n) is 5.47. The van der Waals surface area contributed by atoms with Crippen LogP contribution in [-0.2, 0) is 4.74 Å². The Morgan fingerprint density at radius 3 is 2.94 bits per heavy atom. The highest BCUT2D eigenvalue weighted by Gasteiger charge is 2.27. The number of rotatable bonds is 1. The Balaban J connectivity index is 0.000000963. The quantitative estimate of drug-likeness (QED) is 0.783. The molecule has 16 heavy (non-hydrogen) atoms. The minimum atomic E-state index is 0. The number of morpholine rings is 1. The molecule has 1 aromatic heterocycles. The number of fused-ring (bicyclic) bond motifs is 1. The van der Waals surface area contributed by atoms with E-state index in [4.69, 9.17) is 4.74 Å². The molecule has 1 fully saturated rings. The fourth-order valence-corrected chi connectivity index (χ4v) is 4.62. The molecule has 3 rings (SSSR count). The lowest BCUT2D eigenvalue weighted by molar-refractivity contribution is 0.0148. The highest BCUT2D eigenvalue weighted by molar-refractivity contribution is 8.01. The smallest absolute Gasteiger partial charge is 0.0646 e. The summed E-state index contributed by atoms with van der Waals surface area (Å²) in [5.41, 5.74) is 1.57. The number of thioether (sulfide) groups is 1. The summed E-state index contributed by atoms with van der Waals surface area (Å²) in [6.07, 6.45) is 1.30. The Bertz CT molecular complexity index is 338. The normalized spacial score (nSPS) is 25.9. The van der Waals surface area contributed by atoms with Crippen LogP contribution < -0.4 is 0 Å². The van der Waals surface area contributed by atoms with Gasteiger partial charge in [0.25, 0.3) is 0 Å². The average Bonchev–Trinajstić information content (AvgIpc) is 2.78. The van der Waals surface area contributed by atoms with Crippen LogP contribution in [0.2, 0.25) is 0 Å². The third-order valence-corrected chi connectivity index (χ3v) is 5.43. The molecule has 1 aromatic rings. The molecule has 2 nitrogen and oxygen atoms in total. The fraction of sp³-hybridized carbons (Fsp3) is 0.636. The maximum absolute atomic E-state index is 5.42. The third kappa shape index (κ3) is 2.41. The van der Waals surface area contributed by atoms with E-state index in [1.165, 1.54) is 16.4 Å². The summed E-state index contributed by atoms with van der Waals surface area (Å²) >= 11 is 3.92. The molecular formula is C11H16ClNOS2. The van der Waals surface area contributed by atoms with Crippen LogP contribution in [0.1, 0.15) is 18.0 Å². The van der Waals surface area contributed by atoms with Gasteiger partial charge in [0.05, 0.1) is 17.4 Å². The van der Waals surface area contributed by atoms with Gasteiger partial charge in [0, 0.05) is 24.9 Å². The minimum Gasteiger partial charge on any atom is -0.379 e. The van der Waals surface area contributed by atoms with E-state index in [1.807, 2.05) is 23.1 Å². The van der Waals surface area contributed by atoms with Crippen LogP contribution in [0.25, 0.3) is 0 Å². The highest BCUT2D eigenvalue weighted by atomic mass is 35.5. The molecular weight excluding hydrogens is 262 g/mol. The van der Waals surface area contributed by atoms with Crippen molar-refractivity contribution >= 4 is 35.5 Å². The molecule has 0 bridgehead atoms. The lowest BCUT2D eigenvalue weighted by Crippen LogP contribution is -2.39. The maximum atomic E-state index is 5.42. The Morgan fingerprint density at radius 2 is 2.12 bits per heavy atom. The van der Waals surface area contributed by atoms with Gasteiger partial charge in [-0.25, -0.2) is 0 Å². The van der Waals surface area contributed by atoms with Crippen molar-refractivity contribution < 1.29 is 4.74 Å². The highest BCUT2D eigenvalue weighted by Crippen LogP contribution is 2.42. The van der Waals surface area contributed by atoms with E-state index in [2.05, 4.69) is 16.3 Å². The van der Waals surface area contributed by atoms with E-state index >= 15 is 0 Å². The van der Waals surface area contributed by atoms with Crippen molar-refractivity contribution in [1.82, 2.24) is 4.90 Å². The summed E-state index contributed by atoms with van der Waals surface area (Å²) in [6, 6.07) is 2.98. The van der Waals surface area contributed by atoms with Crippen molar-refractivity contribution in [3.63, 3.8) is 0 Å². The molecule has 1 unspecified atom stereocenters. The molecule has 5 heteroatoms. The molecule has 90 valence electrons. The summed E-state index contributed by atoms with van der Waals surface area (Å²) < 4.78 is 6.96. The number of ether oxygens (including phenoxy) is 1. The molecule has 0 saturated carbocycles. The van der Waals surface area contributed by atoms with Crippen molar-refractivity contribution in [3.05, 3.63) is 17.0 Å². The number of thiophene rings is 1. The van der Waals surface area contributed by atoms with Crippen LogP contribution >= 0.6 is 35.5 Å². The lowest BCUT2D eigenvalue weighted by atomic mass is 10.1. The Kier molecular flexibility index (Phi) is 4.56. The van der Waals surface area contributed by atoms with Gasteiger partial charge in [-0.05, 0) is 23.4 Å². The molecule has 0 amide bonds. The molecule has 0 aromatic carbocycles. The Morgan fingerprint density at radius 1 is 1.31 bits per heavy atom. The zero-order valence-corrected chi connectivity index (χ0v) is 11.5. The Hall–Kier alpha value is 0.260. The molecule has 1 saturated heterocycles. The predicted molar refractivity (Wildman–Crippen MR) is 72.0 cm³/mol. The van der Waals surface area contributed by atoms with Crippen LogP contribution in [0.4, 0.5) is 0 Å². The summed E-state index contributed by atoms with van der Waals surface area (Å²) in [6.45, 7) is 4.02. The number of nitrogens with zero attached hydrogens (tertiary/aromatic N) is 1. The molecule has 0 spiro atoms. The maximum Gasteiger partial charge on any atom is 0.0646 e. The fourth-order valence-electron chi connectivity index (χ4n) is 2.36. The molecule has 3 heterocycles.